The summed E-state index contributed by atoms with van der Waals surface area (Å²) in [5.74, 6) is 2.66. The lowest BCUT2D eigenvalue weighted by atomic mass is 10.2. The molecule has 2 aliphatic rings. The second-order valence-corrected chi connectivity index (χ2v) is 5.87. The maximum absolute atomic E-state index is 5.59. The van der Waals surface area contributed by atoms with Crippen LogP contribution in [0.3, 0.4) is 0 Å². The fourth-order valence-corrected chi connectivity index (χ4v) is 3.25. The minimum Gasteiger partial charge on any atom is -0.377 e. The number of rotatable bonds is 5. The van der Waals surface area contributed by atoms with Crippen LogP contribution in [0.15, 0.2) is 0 Å². The van der Waals surface area contributed by atoms with Gasteiger partial charge in [-0.25, -0.2) is 0 Å². The van der Waals surface area contributed by atoms with Crippen LogP contribution in [0.25, 0.3) is 0 Å². The van der Waals surface area contributed by atoms with Crippen LogP contribution in [-0.2, 0) is 4.74 Å². The van der Waals surface area contributed by atoms with Gasteiger partial charge in [-0.3, -0.25) is 0 Å². The van der Waals surface area contributed by atoms with E-state index in [1.165, 1.54) is 50.4 Å². The fourth-order valence-electron chi connectivity index (χ4n) is 2.33. The molecule has 2 rings (SSSR count). The van der Waals surface area contributed by atoms with Gasteiger partial charge in [0.25, 0.3) is 0 Å². The molecule has 2 aliphatic heterocycles. The molecule has 0 aromatic carbocycles. The molecule has 94 valence electrons. The number of hydrogen-bond donors (Lipinski definition) is 1. The lowest BCUT2D eigenvalue weighted by Gasteiger charge is -2.20. The van der Waals surface area contributed by atoms with Crippen LogP contribution in [0.2, 0.25) is 0 Å². The Bertz CT molecular complexity index is 178. The lowest BCUT2D eigenvalue weighted by molar-refractivity contribution is 0.109. The molecule has 0 aromatic heterocycles. The van der Waals surface area contributed by atoms with Crippen molar-refractivity contribution < 1.29 is 4.74 Å². The van der Waals surface area contributed by atoms with Crippen molar-refractivity contribution in [3.8, 4) is 0 Å². The van der Waals surface area contributed by atoms with Gasteiger partial charge in [-0.05, 0) is 31.6 Å². The van der Waals surface area contributed by atoms with Crippen LogP contribution in [0.5, 0.6) is 0 Å². The Hall–Kier alpha value is 0.230. The van der Waals surface area contributed by atoms with Crippen molar-refractivity contribution in [2.45, 2.75) is 25.4 Å². The molecule has 0 aromatic rings. The first-order chi connectivity index (χ1) is 7.95. The van der Waals surface area contributed by atoms with Crippen molar-refractivity contribution in [2.75, 3.05) is 50.8 Å². The molecule has 0 saturated carbocycles. The Balaban J connectivity index is 1.49. The number of nitrogens with zero attached hydrogens (tertiary/aromatic N) is 1. The van der Waals surface area contributed by atoms with Crippen molar-refractivity contribution in [2.24, 2.45) is 0 Å². The summed E-state index contributed by atoms with van der Waals surface area (Å²) < 4.78 is 5.59. The Morgan fingerprint density at radius 1 is 1.25 bits per heavy atom. The van der Waals surface area contributed by atoms with E-state index in [9.17, 15) is 0 Å². The van der Waals surface area contributed by atoms with E-state index >= 15 is 0 Å². The Morgan fingerprint density at radius 2 is 2.25 bits per heavy atom. The number of nitrogens with one attached hydrogen (secondary N) is 1. The zero-order chi connectivity index (χ0) is 11.1. The highest BCUT2D eigenvalue weighted by molar-refractivity contribution is 7.99. The SMILES string of the molecule is C1COC(CNCCN2CCCSCC2)C1. The van der Waals surface area contributed by atoms with Crippen LogP contribution < -0.4 is 5.32 Å². The predicted octanol–water partition coefficient (Wildman–Crippen LogP) is 1.19. The van der Waals surface area contributed by atoms with Crippen LogP contribution in [-0.4, -0.2) is 61.8 Å². The van der Waals surface area contributed by atoms with E-state index in [0.29, 0.717) is 6.10 Å². The average Bonchev–Trinajstić information content (AvgIpc) is 2.68. The molecule has 1 N–H and O–H groups in total. The summed E-state index contributed by atoms with van der Waals surface area (Å²) in [7, 11) is 0. The van der Waals surface area contributed by atoms with E-state index in [0.717, 1.165) is 19.7 Å². The maximum Gasteiger partial charge on any atom is 0.0700 e. The summed E-state index contributed by atoms with van der Waals surface area (Å²) in [6.45, 7) is 6.89. The molecule has 2 heterocycles. The zero-order valence-corrected chi connectivity index (χ0v) is 10.9. The molecule has 0 radical (unpaired) electrons. The van der Waals surface area contributed by atoms with Gasteiger partial charge in [0.1, 0.15) is 0 Å². The predicted molar refractivity (Wildman–Crippen MR) is 70.2 cm³/mol. The van der Waals surface area contributed by atoms with Gasteiger partial charge in [0.15, 0.2) is 0 Å². The lowest BCUT2D eigenvalue weighted by Crippen LogP contribution is -2.36. The largest absolute Gasteiger partial charge is 0.377 e. The van der Waals surface area contributed by atoms with Crippen LogP contribution in [0.1, 0.15) is 19.3 Å². The van der Waals surface area contributed by atoms with Crippen LogP contribution >= 0.6 is 11.8 Å². The molecule has 2 fully saturated rings. The van der Waals surface area contributed by atoms with Crippen molar-refractivity contribution in [1.29, 1.82) is 0 Å². The molecular weight excluding hydrogens is 220 g/mol. The molecule has 0 amide bonds. The molecule has 3 nitrogen and oxygen atoms in total. The summed E-state index contributed by atoms with van der Waals surface area (Å²) in [4.78, 5) is 2.59. The summed E-state index contributed by atoms with van der Waals surface area (Å²) in [5.41, 5.74) is 0. The minimum absolute atomic E-state index is 0.486. The first-order valence-electron chi connectivity index (χ1n) is 6.57. The Kier molecular flexibility index (Phi) is 5.97. The van der Waals surface area contributed by atoms with Gasteiger partial charge in [0.2, 0.25) is 0 Å². The third-order valence-corrected chi connectivity index (χ3v) is 4.36. The maximum atomic E-state index is 5.59. The van der Waals surface area contributed by atoms with Gasteiger partial charge < -0.3 is 15.0 Å². The molecule has 4 heteroatoms. The average molecular weight is 244 g/mol. The summed E-state index contributed by atoms with van der Waals surface area (Å²) in [6.07, 6.45) is 4.33. The van der Waals surface area contributed by atoms with E-state index in [1.807, 2.05) is 0 Å². The first-order valence-corrected chi connectivity index (χ1v) is 7.73. The molecular formula is C12H24N2OS. The van der Waals surface area contributed by atoms with E-state index in [2.05, 4.69) is 22.0 Å². The number of thioether (sulfide) groups is 1. The van der Waals surface area contributed by atoms with Gasteiger partial charge in [0, 0.05) is 38.5 Å². The van der Waals surface area contributed by atoms with E-state index < -0.39 is 0 Å². The second kappa shape index (κ2) is 7.54. The molecule has 2 saturated heterocycles. The summed E-state index contributed by atoms with van der Waals surface area (Å²) >= 11 is 2.10. The molecule has 0 aliphatic carbocycles. The third-order valence-electron chi connectivity index (χ3n) is 3.32. The van der Waals surface area contributed by atoms with Gasteiger partial charge in [-0.2, -0.15) is 11.8 Å². The Morgan fingerprint density at radius 3 is 3.12 bits per heavy atom. The number of hydrogen-bond acceptors (Lipinski definition) is 4. The van der Waals surface area contributed by atoms with E-state index in [-0.39, 0.29) is 0 Å². The first kappa shape index (κ1) is 12.7. The van der Waals surface area contributed by atoms with Gasteiger partial charge >= 0.3 is 0 Å². The zero-order valence-electron chi connectivity index (χ0n) is 10.1. The number of ether oxygens (including phenoxy) is 1. The van der Waals surface area contributed by atoms with Crippen molar-refractivity contribution in [3.63, 3.8) is 0 Å². The van der Waals surface area contributed by atoms with Gasteiger partial charge in [0.05, 0.1) is 6.10 Å². The summed E-state index contributed by atoms with van der Waals surface area (Å²) in [5, 5.41) is 3.52. The topological polar surface area (TPSA) is 24.5 Å². The van der Waals surface area contributed by atoms with Crippen LogP contribution in [0, 0.1) is 0 Å². The van der Waals surface area contributed by atoms with Crippen molar-refractivity contribution in [3.05, 3.63) is 0 Å². The molecule has 16 heavy (non-hydrogen) atoms. The highest BCUT2D eigenvalue weighted by atomic mass is 32.2. The minimum atomic E-state index is 0.486. The normalized spacial score (nSPS) is 28.1. The second-order valence-electron chi connectivity index (χ2n) is 4.65. The monoisotopic (exact) mass is 244 g/mol. The highest BCUT2D eigenvalue weighted by Gasteiger charge is 2.14. The quantitative estimate of drug-likeness (QED) is 0.734. The van der Waals surface area contributed by atoms with Gasteiger partial charge in [-0.15, -0.1) is 0 Å². The standard InChI is InChI=1S/C12H24N2OS/c1-3-12(15-8-1)11-13-4-6-14-5-2-9-16-10-7-14/h12-13H,1-11H2. The molecule has 0 bridgehead atoms. The highest BCUT2D eigenvalue weighted by Crippen LogP contribution is 2.11. The molecule has 1 unspecified atom stereocenters. The van der Waals surface area contributed by atoms with Crippen molar-refractivity contribution >= 4 is 11.8 Å². The summed E-state index contributed by atoms with van der Waals surface area (Å²) in [6, 6.07) is 0. The third kappa shape index (κ3) is 4.62. The molecule has 0 spiro atoms. The fraction of sp³-hybridized carbons (Fsp3) is 1.00. The molecule has 1 atom stereocenters. The smallest absolute Gasteiger partial charge is 0.0700 e. The van der Waals surface area contributed by atoms with Crippen molar-refractivity contribution in [1.82, 2.24) is 10.2 Å². The van der Waals surface area contributed by atoms with Gasteiger partial charge in [-0.1, -0.05) is 0 Å². The van der Waals surface area contributed by atoms with E-state index in [4.69, 9.17) is 4.74 Å². The van der Waals surface area contributed by atoms with Crippen LogP contribution in [0.4, 0.5) is 0 Å². The van der Waals surface area contributed by atoms with E-state index in [1.54, 1.807) is 0 Å². The Labute approximate surface area is 103 Å².